The average molecular weight is 895 g/mol. The van der Waals surface area contributed by atoms with Gasteiger partial charge in [0.2, 0.25) is 0 Å². The molecule has 0 aliphatic heterocycles. The van der Waals surface area contributed by atoms with E-state index in [-0.39, 0.29) is 0 Å². The fourth-order valence-corrected chi connectivity index (χ4v) is 9.39. The first-order valence-corrected chi connectivity index (χ1v) is 23.2. The Morgan fingerprint density at radius 3 is 0.614 bits per heavy atom. The van der Waals surface area contributed by atoms with Gasteiger partial charge in [0.05, 0.1) is 44.8 Å². The van der Waals surface area contributed by atoms with Crippen molar-refractivity contribution in [1.82, 2.24) is 39.9 Å². The molecule has 8 nitrogen and oxygen atoms in total. The lowest BCUT2D eigenvalue weighted by atomic mass is 9.94. The Morgan fingerprint density at radius 2 is 0.386 bits per heavy atom. The van der Waals surface area contributed by atoms with Gasteiger partial charge < -0.3 is 0 Å². The normalized spacial score (nSPS) is 11.4. The molecule has 13 rings (SSSR count). The lowest BCUT2D eigenvalue weighted by molar-refractivity contribution is 1.18. The molecule has 8 heteroatoms. The summed E-state index contributed by atoms with van der Waals surface area (Å²) in [5.41, 5.74) is 13.1. The maximum Gasteiger partial charge on any atom is 0.161 e. The Kier molecular flexibility index (Phi) is 9.98. The Bertz CT molecular complexity index is 3580. The van der Waals surface area contributed by atoms with Gasteiger partial charge in [-0.05, 0) is 36.4 Å². The molecule has 0 spiro atoms. The van der Waals surface area contributed by atoms with Crippen LogP contribution in [0.15, 0.2) is 231 Å². The summed E-state index contributed by atoms with van der Waals surface area (Å²) in [6.07, 6.45) is 0. The third kappa shape index (κ3) is 7.28. The van der Waals surface area contributed by atoms with Crippen LogP contribution in [0.5, 0.6) is 0 Å². The number of hydrogen-bond acceptors (Lipinski definition) is 8. The summed E-state index contributed by atoms with van der Waals surface area (Å²) in [5.74, 6) is 1.97. The molecule has 4 aromatic heterocycles. The molecule has 9 aromatic carbocycles. The number of hydrogen-bond donors (Lipinski definition) is 0. The van der Waals surface area contributed by atoms with Crippen molar-refractivity contribution >= 4 is 43.6 Å². The summed E-state index contributed by atoms with van der Waals surface area (Å²) in [6.45, 7) is 0. The van der Waals surface area contributed by atoms with Gasteiger partial charge in [-0.2, -0.15) is 0 Å². The third-order valence-corrected chi connectivity index (χ3v) is 12.7. The average Bonchev–Trinajstić information content (AvgIpc) is 3.44. The van der Waals surface area contributed by atoms with Gasteiger partial charge in [-0.3, -0.25) is 0 Å². The van der Waals surface area contributed by atoms with Crippen molar-refractivity contribution in [3.63, 3.8) is 0 Å². The zero-order valence-corrected chi connectivity index (χ0v) is 37.5. The SMILES string of the molecule is c1ccc(-c2nc(-c3cc(-c4nc(-c5ccccc5)c5ccccc5n4)c(-c4nc(-c5ccccc5)c5ccccc5n4)cc3-c3nc(-c4ccccc4)c4ccccc4n3)nc3ccccc23)cc1. The van der Waals surface area contributed by atoms with Crippen molar-refractivity contribution in [2.75, 3.05) is 0 Å². The second-order valence-electron chi connectivity index (χ2n) is 17.1. The predicted octanol–water partition coefficient (Wildman–Crippen LogP) is 14.8. The van der Waals surface area contributed by atoms with E-state index in [0.717, 1.165) is 88.6 Å². The summed E-state index contributed by atoms with van der Waals surface area (Å²) in [6, 6.07) is 77.8. The van der Waals surface area contributed by atoms with Gasteiger partial charge in [-0.1, -0.05) is 194 Å². The number of benzene rings is 9. The fourth-order valence-electron chi connectivity index (χ4n) is 9.39. The van der Waals surface area contributed by atoms with E-state index in [1.807, 2.05) is 146 Å². The number of nitrogens with zero attached hydrogens (tertiary/aromatic N) is 8. The lowest BCUT2D eigenvalue weighted by Gasteiger charge is -2.18. The van der Waals surface area contributed by atoms with Crippen molar-refractivity contribution in [2.45, 2.75) is 0 Å². The van der Waals surface area contributed by atoms with Gasteiger partial charge >= 0.3 is 0 Å². The van der Waals surface area contributed by atoms with E-state index in [1.165, 1.54) is 0 Å². The van der Waals surface area contributed by atoms with E-state index >= 15 is 0 Å². The van der Waals surface area contributed by atoms with E-state index in [4.69, 9.17) is 39.9 Å². The minimum Gasteiger partial charge on any atom is -0.228 e. The van der Waals surface area contributed by atoms with Gasteiger partial charge in [0.25, 0.3) is 0 Å². The van der Waals surface area contributed by atoms with Crippen LogP contribution in [-0.4, -0.2) is 39.9 Å². The van der Waals surface area contributed by atoms with Crippen LogP contribution in [0.2, 0.25) is 0 Å². The molecule has 4 heterocycles. The van der Waals surface area contributed by atoms with Crippen molar-refractivity contribution < 1.29 is 0 Å². The maximum absolute atomic E-state index is 5.48. The molecule has 0 radical (unpaired) electrons. The molecule has 13 aromatic rings. The van der Waals surface area contributed by atoms with Gasteiger partial charge in [0.15, 0.2) is 23.3 Å². The van der Waals surface area contributed by atoms with Crippen molar-refractivity contribution in [2.24, 2.45) is 0 Å². The molecule has 0 aliphatic rings. The first kappa shape index (κ1) is 40.6. The summed E-state index contributed by atoms with van der Waals surface area (Å²) in [5, 5.41) is 3.75. The second-order valence-corrected chi connectivity index (χ2v) is 17.1. The van der Waals surface area contributed by atoms with E-state index in [2.05, 4.69) is 84.9 Å². The van der Waals surface area contributed by atoms with Crippen LogP contribution in [-0.2, 0) is 0 Å². The van der Waals surface area contributed by atoms with Crippen molar-refractivity contribution in [3.05, 3.63) is 231 Å². The van der Waals surface area contributed by atoms with Crippen molar-refractivity contribution in [1.29, 1.82) is 0 Å². The molecule has 0 aliphatic carbocycles. The molecule has 0 fully saturated rings. The predicted molar refractivity (Wildman–Crippen MR) is 282 cm³/mol. The first-order valence-electron chi connectivity index (χ1n) is 23.2. The fraction of sp³-hybridized carbons (Fsp3) is 0. The molecule has 0 amide bonds. The Labute approximate surface area is 402 Å². The standard InChI is InChI=1S/C62H38N8/c1-5-21-39(22-6-1)55-43-29-13-17-33-51(43)63-59(67-55)47-37-49(61-65-53-35-19-15-31-45(53)57(69-61)41-25-9-3-10-26-41)50(62-66-54-36-20-16-32-46(54)58(70-62)42-27-11-4-12-28-42)38-48(47)60-64-52-34-18-14-30-44(52)56(68-60)40-23-7-2-8-24-40/h1-38H. The number of rotatable bonds is 8. The molecule has 0 saturated carbocycles. The largest absolute Gasteiger partial charge is 0.228 e. The van der Waals surface area contributed by atoms with E-state index in [0.29, 0.717) is 45.6 Å². The van der Waals surface area contributed by atoms with E-state index in [9.17, 15) is 0 Å². The van der Waals surface area contributed by atoms with E-state index < -0.39 is 0 Å². The lowest BCUT2D eigenvalue weighted by Crippen LogP contribution is -2.04. The highest BCUT2D eigenvalue weighted by Crippen LogP contribution is 2.43. The molecule has 0 unspecified atom stereocenters. The monoisotopic (exact) mass is 894 g/mol. The molecular formula is C62H38N8. The highest BCUT2D eigenvalue weighted by atomic mass is 14.9. The molecule has 0 saturated heterocycles. The quantitative estimate of drug-likeness (QED) is 0.149. The molecular weight excluding hydrogens is 857 g/mol. The Balaban J connectivity index is 1.19. The first-order chi connectivity index (χ1) is 34.7. The van der Waals surface area contributed by atoms with Gasteiger partial charge in [0.1, 0.15) is 0 Å². The second kappa shape index (κ2) is 17.2. The van der Waals surface area contributed by atoms with Crippen LogP contribution in [0.1, 0.15) is 0 Å². The highest BCUT2D eigenvalue weighted by Gasteiger charge is 2.26. The minimum absolute atomic E-state index is 0.492. The van der Waals surface area contributed by atoms with Crippen LogP contribution < -0.4 is 0 Å². The van der Waals surface area contributed by atoms with Crippen LogP contribution >= 0.6 is 0 Å². The molecule has 326 valence electrons. The Morgan fingerprint density at radius 1 is 0.186 bits per heavy atom. The number of aromatic nitrogens is 8. The van der Waals surface area contributed by atoms with Gasteiger partial charge in [-0.25, -0.2) is 39.9 Å². The summed E-state index contributed by atoms with van der Waals surface area (Å²) >= 11 is 0. The van der Waals surface area contributed by atoms with Gasteiger partial charge in [-0.15, -0.1) is 0 Å². The summed E-state index contributed by atoms with van der Waals surface area (Å²) < 4.78 is 0. The van der Waals surface area contributed by atoms with E-state index in [1.54, 1.807) is 0 Å². The number of fused-ring (bicyclic) bond motifs is 4. The minimum atomic E-state index is 0.492. The summed E-state index contributed by atoms with van der Waals surface area (Å²) in [7, 11) is 0. The molecule has 70 heavy (non-hydrogen) atoms. The zero-order chi connectivity index (χ0) is 46.4. The molecule has 0 atom stereocenters. The molecule has 0 bridgehead atoms. The van der Waals surface area contributed by atoms with Gasteiger partial charge in [0, 0.05) is 66.1 Å². The topological polar surface area (TPSA) is 103 Å². The zero-order valence-electron chi connectivity index (χ0n) is 37.5. The van der Waals surface area contributed by atoms with Crippen molar-refractivity contribution in [3.8, 4) is 90.6 Å². The maximum atomic E-state index is 5.48. The Hall–Kier alpha value is -9.66. The third-order valence-electron chi connectivity index (χ3n) is 12.7. The number of para-hydroxylation sites is 4. The molecule has 0 N–H and O–H groups in total. The highest BCUT2D eigenvalue weighted by molar-refractivity contribution is 6.01. The van der Waals surface area contributed by atoms with Crippen LogP contribution in [0.3, 0.4) is 0 Å². The van der Waals surface area contributed by atoms with Crippen LogP contribution in [0.4, 0.5) is 0 Å². The summed E-state index contributed by atoms with van der Waals surface area (Å²) in [4.78, 5) is 43.4. The van der Waals surface area contributed by atoms with Crippen LogP contribution in [0.25, 0.3) is 134 Å². The van der Waals surface area contributed by atoms with Crippen LogP contribution in [0, 0.1) is 0 Å². The smallest absolute Gasteiger partial charge is 0.161 e.